The SMILES string of the molecule is C=Cc1c(/C=C\C)c2cc(/C=C/c3ccc4c(c3)C(C)(C)c3cc(/C=C/c5ccc6c(c5)c5ccccc5n6-c5ccccc5)ccc3-4)ccc2n1-c1ccccc1. The van der Waals surface area contributed by atoms with E-state index in [4.69, 9.17) is 0 Å². The summed E-state index contributed by atoms with van der Waals surface area (Å²) in [5.41, 5.74) is 18.2. The smallest absolute Gasteiger partial charge is 0.0541 e. The number of fused-ring (bicyclic) bond motifs is 7. The zero-order valence-corrected chi connectivity index (χ0v) is 33.2. The Morgan fingerprint density at radius 2 is 0.914 bits per heavy atom. The van der Waals surface area contributed by atoms with Crippen LogP contribution in [0.2, 0.25) is 0 Å². The molecule has 278 valence electrons. The molecule has 1 aliphatic carbocycles. The van der Waals surface area contributed by atoms with Crippen LogP contribution in [0.3, 0.4) is 0 Å². The second-order valence-corrected chi connectivity index (χ2v) is 15.8. The molecule has 2 heteroatoms. The molecule has 58 heavy (non-hydrogen) atoms. The van der Waals surface area contributed by atoms with Crippen LogP contribution in [0.5, 0.6) is 0 Å². The highest BCUT2D eigenvalue weighted by Gasteiger charge is 2.35. The van der Waals surface area contributed by atoms with E-state index < -0.39 is 0 Å². The summed E-state index contributed by atoms with van der Waals surface area (Å²) in [7, 11) is 0. The van der Waals surface area contributed by atoms with Crippen LogP contribution in [-0.2, 0) is 5.41 Å². The maximum atomic E-state index is 4.19. The maximum Gasteiger partial charge on any atom is 0.0541 e. The monoisotopic (exact) mass is 744 g/mol. The molecule has 2 aromatic heterocycles. The van der Waals surface area contributed by atoms with Gasteiger partial charge in [-0.3, -0.25) is 0 Å². The maximum absolute atomic E-state index is 4.19. The van der Waals surface area contributed by atoms with Crippen LogP contribution < -0.4 is 0 Å². The normalized spacial score (nSPS) is 13.4. The fourth-order valence-corrected chi connectivity index (χ4v) is 9.17. The molecule has 0 bridgehead atoms. The highest BCUT2D eigenvalue weighted by Crippen LogP contribution is 2.49. The third-order valence-electron chi connectivity index (χ3n) is 12.0. The van der Waals surface area contributed by atoms with Crippen molar-refractivity contribution >= 4 is 69.2 Å². The Bertz CT molecular complexity index is 3140. The molecule has 0 aliphatic heterocycles. The summed E-state index contributed by atoms with van der Waals surface area (Å²) in [6.45, 7) is 11.0. The first-order valence-electron chi connectivity index (χ1n) is 20.2. The van der Waals surface area contributed by atoms with Crippen molar-refractivity contribution in [1.82, 2.24) is 9.13 Å². The molecule has 2 heterocycles. The van der Waals surface area contributed by atoms with E-state index in [9.17, 15) is 0 Å². The van der Waals surface area contributed by atoms with E-state index in [1.165, 1.54) is 88.5 Å². The van der Waals surface area contributed by atoms with Crippen molar-refractivity contribution in [2.75, 3.05) is 0 Å². The first-order chi connectivity index (χ1) is 28.4. The van der Waals surface area contributed by atoms with Crippen molar-refractivity contribution in [2.45, 2.75) is 26.2 Å². The summed E-state index contributed by atoms with van der Waals surface area (Å²) in [5, 5.41) is 3.74. The molecule has 0 amide bonds. The lowest BCUT2D eigenvalue weighted by molar-refractivity contribution is 0.660. The van der Waals surface area contributed by atoms with Gasteiger partial charge in [-0.1, -0.05) is 160 Å². The van der Waals surface area contributed by atoms with Gasteiger partial charge in [0.25, 0.3) is 0 Å². The lowest BCUT2D eigenvalue weighted by Crippen LogP contribution is -2.15. The molecule has 10 rings (SSSR count). The molecule has 0 radical (unpaired) electrons. The molecule has 9 aromatic rings. The Hall–Kier alpha value is -7.16. The predicted molar refractivity (Wildman–Crippen MR) is 251 cm³/mol. The van der Waals surface area contributed by atoms with Crippen LogP contribution in [0.15, 0.2) is 170 Å². The third-order valence-corrected chi connectivity index (χ3v) is 12.0. The van der Waals surface area contributed by atoms with Crippen molar-refractivity contribution in [1.29, 1.82) is 0 Å². The number of allylic oxidation sites excluding steroid dienone is 1. The zero-order valence-electron chi connectivity index (χ0n) is 33.2. The van der Waals surface area contributed by atoms with Crippen molar-refractivity contribution in [2.24, 2.45) is 0 Å². The van der Waals surface area contributed by atoms with Gasteiger partial charge in [-0.2, -0.15) is 0 Å². The second-order valence-electron chi connectivity index (χ2n) is 15.8. The van der Waals surface area contributed by atoms with E-state index in [1.54, 1.807) is 0 Å². The third kappa shape index (κ3) is 5.80. The summed E-state index contributed by atoms with van der Waals surface area (Å²) >= 11 is 0. The number of rotatable bonds is 8. The molecular formula is C56H44N2. The van der Waals surface area contributed by atoms with Gasteiger partial charge in [0, 0.05) is 38.5 Å². The van der Waals surface area contributed by atoms with Crippen molar-refractivity contribution in [3.05, 3.63) is 215 Å². The van der Waals surface area contributed by atoms with E-state index >= 15 is 0 Å². The van der Waals surface area contributed by atoms with Crippen LogP contribution >= 0.6 is 0 Å². The first-order valence-corrected chi connectivity index (χ1v) is 20.2. The van der Waals surface area contributed by atoms with E-state index in [0.717, 1.165) is 11.4 Å². The molecule has 0 spiro atoms. The highest BCUT2D eigenvalue weighted by atomic mass is 15.0. The molecule has 0 fully saturated rings. The molecule has 0 atom stereocenters. The summed E-state index contributed by atoms with van der Waals surface area (Å²) < 4.78 is 4.67. The minimum atomic E-state index is -0.127. The summed E-state index contributed by atoms with van der Waals surface area (Å²) in [5.74, 6) is 0. The number of nitrogens with zero attached hydrogens (tertiary/aromatic N) is 2. The lowest BCUT2D eigenvalue weighted by atomic mass is 9.81. The number of hydrogen-bond acceptors (Lipinski definition) is 0. The Kier molecular flexibility index (Phi) is 8.57. The molecule has 2 nitrogen and oxygen atoms in total. The topological polar surface area (TPSA) is 9.86 Å². The van der Waals surface area contributed by atoms with E-state index in [-0.39, 0.29) is 5.41 Å². The minimum absolute atomic E-state index is 0.127. The molecular weight excluding hydrogens is 701 g/mol. The predicted octanol–water partition coefficient (Wildman–Crippen LogP) is 15.1. The largest absolute Gasteiger partial charge is 0.309 e. The lowest BCUT2D eigenvalue weighted by Gasteiger charge is -2.22. The van der Waals surface area contributed by atoms with Gasteiger partial charge in [-0.25, -0.2) is 0 Å². The molecule has 0 N–H and O–H groups in total. The summed E-state index contributed by atoms with van der Waals surface area (Å²) in [6, 6.07) is 57.4. The average molecular weight is 745 g/mol. The fraction of sp³-hybridized carbons (Fsp3) is 0.0714. The van der Waals surface area contributed by atoms with Gasteiger partial charge in [-0.15, -0.1) is 0 Å². The van der Waals surface area contributed by atoms with Gasteiger partial charge < -0.3 is 9.13 Å². The van der Waals surface area contributed by atoms with Crippen molar-refractivity contribution in [3.63, 3.8) is 0 Å². The minimum Gasteiger partial charge on any atom is -0.309 e. The number of hydrogen-bond donors (Lipinski definition) is 0. The van der Waals surface area contributed by atoms with Gasteiger partial charge in [0.1, 0.15) is 0 Å². The van der Waals surface area contributed by atoms with Crippen LogP contribution in [0.25, 0.3) is 91.7 Å². The van der Waals surface area contributed by atoms with Gasteiger partial charge in [0.15, 0.2) is 0 Å². The Morgan fingerprint density at radius 1 is 0.448 bits per heavy atom. The van der Waals surface area contributed by atoms with Crippen LogP contribution in [0, 0.1) is 0 Å². The number of para-hydroxylation sites is 3. The van der Waals surface area contributed by atoms with Crippen molar-refractivity contribution < 1.29 is 0 Å². The van der Waals surface area contributed by atoms with Gasteiger partial charge >= 0.3 is 0 Å². The van der Waals surface area contributed by atoms with E-state index in [1.807, 2.05) is 6.08 Å². The molecule has 7 aromatic carbocycles. The first kappa shape index (κ1) is 35.3. The van der Waals surface area contributed by atoms with Gasteiger partial charge in [-0.05, 0) is 112 Å². The quantitative estimate of drug-likeness (QED) is 0.137. The van der Waals surface area contributed by atoms with Crippen LogP contribution in [-0.4, -0.2) is 9.13 Å². The Balaban J connectivity index is 0.937. The van der Waals surface area contributed by atoms with Crippen LogP contribution in [0.1, 0.15) is 65.4 Å². The average Bonchev–Trinajstić information content (AvgIpc) is 3.84. The highest BCUT2D eigenvalue weighted by molar-refractivity contribution is 6.10. The fourth-order valence-electron chi connectivity index (χ4n) is 9.17. The zero-order chi connectivity index (χ0) is 39.4. The van der Waals surface area contributed by atoms with E-state index in [2.05, 4.69) is 231 Å². The van der Waals surface area contributed by atoms with E-state index in [0.29, 0.717) is 0 Å². The standard InChI is InChI=1S/C56H44N2/c1-5-15-46-48-34-38(28-32-54(48)57(52(46)6-2)42-16-9-7-10-17-42)22-24-40-26-30-44-45-31-27-41(37-51(45)56(3,4)50(44)36-40)25-23-39-29-33-55-49(35-39)47-20-13-14-21-53(47)58(55)43-18-11-8-12-19-43/h5-37H,2H2,1,3-4H3/b15-5-,24-22+,25-23+. The summed E-state index contributed by atoms with van der Waals surface area (Å²) in [6.07, 6.45) is 15.3. The van der Waals surface area contributed by atoms with Crippen molar-refractivity contribution in [3.8, 4) is 22.5 Å². The number of benzene rings is 7. The molecule has 1 aliphatic rings. The Labute approximate surface area is 340 Å². The molecule has 0 saturated heterocycles. The molecule has 0 saturated carbocycles. The van der Waals surface area contributed by atoms with Crippen LogP contribution in [0.4, 0.5) is 0 Å². The summed E-state index contributed by atoms with van der Waals surface area (Å²) in [4.78, 5) is 0. The number of aromatic nitrogens is 2. The van der Waals surface area contributed by atoms with Gasteiger partial charge in [0.05, 0.1) is 22.2 Å². The Morgan fingerprint density at radius 3 is 1.48 bits per heavy atom. The second kappa shape index (κ2) is 14.1. The van der Waals surface area contributed by atoms with Gasteiger partial charge in [0.2, 0.25) is 0 Å². The molecule has 0 unspecified atom stereocenters.